The Balaban J connectivity index is 1.23. The van der Waals surface area contributed by atoms with E-state index in [1.165, 1.54) is 20.2 Å². The van der Waals surface area contributed by atoms with Crippen LogP contribution in [0.3, 0.4) is 0 Å². The Bertz CT molecular complexity index is 2870. The first kappa shape index (κ1) is 28.6. The monoisotopic (exact) mass is 657 g/mol. The highest BCUT2D eigenvalue weighted by molar-refractivity contribution is 7.25. The Morgan fingerprint density at radius 3 is 2.04 bits per heavy atom. The van der Waals surface area contributed by atoms with E-state index in [0.29, 0.717) is 5.82 Å². The Hall–Kier alpha value is -6.43. The van der Waals surface area contributed by atoms with Crippen molar-refractivity contribution >= 4 is 53.4 Å². The van der Waals surface area contributed by atoms with Crippen LogP contribution < -0.4 is 0 Å². The normalized spacial score (nSPS) is 11.6. The van der Waals surface area contributed by atoms with Gasteiger partial charge in [0.1, 0.15) is 11.2 Å². The van der Waals surface area contributed by atoms with Gasteiger partial charge in [0.05, 0.1) is 11.4 Å². The molecule has 50 heavy (non-hydrogen) atoms. The van der Waals surface area contributed by atoms with Crippen LogP contribution in [0, 0.1) is 0 Å². The molecule has 0 saturated carbocycles. The summed E-state index contributed by atoms with van der Waals surface area (Å²) < 4.78 is 9.31. The fourth-order valence-electron chi connectivity index (χ4n) is 7.09. The van der Waals surface area contributed by atoms with Gasteiger partial charge in [0.25, 0.3) is 0 Å². The molecule has 0 aliphatic rings. The number of furan rings is 1. The number of para-hydroxylation sites is 1. The molecular weight excluding hydrogens is 631 g/mol. The molecule has 0 bridgehead atoms. The fourth-order valence-corrected chi connectivity index (χ4v) is 8.22. The Labute approximate surface area is 292 Å². The van der Waals surface area contributed by atoms with Crippen LogP contribution in [-0.2, 0) is 0 Å². The largest absolute Gasteiger partial charge is 0.455 e. The molecule has 4 nitrogen and oxygen atoms in total. The quantitative estimate of drug-likeness (QED) is 0.185. The lowest BCUT2D eigenvalue weighted by atomic mass is 9.95. The van der Waals surface area contributed by atoms with Crippen LogP contribution in [0.2, 0.25) is 0 Å². The summed E-state index contributed by atoms with van der Waals surface area (Å²) in [6.45, 7) is 0. The van der Waals surface area contributed by atoms with Gasteiger partial charge in [-0.1, -0.05) is 103 Å². The second kappa shape index (κ2) is 11.6. The standard InChI is InChI=1S/C45H27N3OS/c1-2-11-28(12-3-1)37-26-38(30-14-8-13-29(25-30)31-15-10-24-46-27-31)48-45(47-37)36-23-22-33(44-43(36)34-16-4-6-19-39(34)49-44)32-18-9-21-41-42(32)35-17-5-7-20-40(35)50-41/h1-27H. The van der Waals surface area contributed by atoms with Crippen LogP contribution >= 0.6 is 11.3 Å². The van der Waals surface area contributed by atoms with Crippen LogP contribution in [-0.4, -0.2) is 15.0 Å². The second-order valence-corrected chi connectivity index (χ2v) is 13.5. The van der Waals surface area contributed by atoms with Crippen molar-refractivity contribution in [3.8, 4) is 56.2 Å². The van der Waals surface area contributed by atoms with Crippen LogP contribution in [0.25, 0.3) is 98.3 Å². The third-order valence-corrected chi connectivity index (χ3v) is 10.5. The summed E-state index contributed by atoms with van der Waals surface area (Å²) in [6.07, 6.45) is 3.69. The molecule has 0 radical (unpaired) electrons. The van der Waals surface area contributed by atoms with Crippen molar-refractivity contribution in [2.24, 2.45) is 0 Å². The van der Waals surface area contributed by atoms with Gasteiger partial charge >= 0.3 is 0 Å². The van der Waals surface area contributed by atoms with E-state index in [1.807, 2.05) is 53.9 Å². The molecule has 234 valence electrons. The van der Waals surface area contributed by atoms with Crippen molar-refractivity contribution in [1.82, 2.24) is 15.0 Å². The summed E-state index contributed by atoms with van der Waals surface area (Å²) in [7, 11) is 0. The molecule has 0 atom stereocenters. The van der Waals surface area contributed by atoms with Crippen LogP contribution in [0.15, 0.2) is 168 Å². The maximum Gasteiger partial charge on any atom is 0.161 e. The van der Waals surface area contributed by atoms with E-state index in [2.05, 4.69) is 120 Å². The lowest BCUT2D eigenvalue weighted by Gasteiger charge is -2.12. The highest BCUT2D eigenvalue weighted by Gasteiger charge is 2.22. The molecule has 0 fully saturated rings. The summed E-state index contributed by atoms with van der Waals surface area (Å²) in [4.78, 5) is 14.9. The Morgan fingerprint density at radius 2 is 1.16 bits per heavy atom. The van der Waals surface area contributed by atoms with Crippen LogP contribution in [0.4, 0.5) is 0 Å². The average molecular weight is 658 g/mol. The SMILES string of the molecule is c1ccc(-c2cc(-c3cccc(-c4cccnc4)c3)nc(-c3ccc(-c4cccc5sc6ccccc6c45)c4oc5ccccc5c34)n2)cc1. The van der Waals surface area contributed by atoms with Gasteiger partial charge in [-0.3, -0.25) is 4.98 Å². The number of hydrogen-bond donors (Lipinski definition) is 0. The van der Waals surface area contributed by atoms with Crippen molar-refractivity contribution in [3.63, 3.8) is 0 Å². The molecule has 10 aromatic rings. The van der Waals surface area contributed by atoms with E-state index in [-0.39, 0.29) is 0 Å². The van der Waals surface area contributed by atoms with Crippen molar-refractivity contribution in [1.29, 1.82) is 0 Å². The van der Waals surface area contributed by atoms with Crippen molar-refractivity contribution in [2.45, 2.75) is 0 Å². The minimum absolute atomic E-state index is 0.649. The zero-order valence-electron chi connectivity index (χ0n) is 26.7. The van der Waals surface area contributed by atoms with Crippen molar-refractivity contribution < 1.29 is 4.42 Å². The van der Waals surface area contributed by atoms with Gasteiger partial charge in [0.15, 0.2) is 5.82 Å². The third kappa shape index (κ3) is 4.71. The van der Waals surface area contributed by atoms with Gasteiger partial charge in [0, 0.05) is 71.2 Å². The number of pyridine rings is 1. The van der Waals surface area contributed by atoms with Gasteiger partial charge in [0.2, 0.25) is 0 Å². The van der Waals surface area contributed by atoms with Crippen LogP contribution in [0.1, 0.15) is 0 Å². The predicted molar refractivity (Wildman–Crippen MR) is 207 cm³/mol. The zero-order chi connectivity index (χ0) is 33.0. The molecule has 0 N–H and O–H groups in total. The predicted octanol–water partition coefficient (Wildman–Crippen LogP) is 12.5. The molecule has 0 aliphatic heterocycles. The van der Waals surface area contributed by atoms with Gasteiger partial charge in [-0.05, 0) is 59.7 Å². The average Bonchev–Trinajstić information content (AvgIpc) is 3.77. The Morgan fingerprint density at radius 1 is 0.460 bits per heavy atom. The summed E-state index contributed by atoms with van der Waals surface area (Å²) in [5, 5.41) is 4.56. The first-order valence-electron chi connectivity index (χ1n) is 16.6. The summed E-state index contributed by atoms with van der Waals surface area (Å²) in [6, 6.07) is 52.7. The first-order valence-corrected chi connectivity index (χ1v) is 17.4. The molecule has 4 heterocycles. The van der Waals surface area contributed by atoms with E-state index in [1.54, 1.807) is 6.20 Å². The number of thiophene rings is 1. The van der Waals surface area contributed by atoms with Gasteiger partial charge in [-0.2, -0.15) is 0 Å². The molecule has 0 aliphatic carbocycles. The molecule has 5 heteroatoms. The number of hydrogen-bond acceptors (Lipinski definition) is 5. The van der Waals surface area contributed by atoms with E-state index in [9.17, 15) is 0 Å². The van der Waals surface area contributed by atoms with Gasteiger partial charge in [-0.25, -0.2) is 9.97 Å². The number of aromatic nitrogens is 3. The Kier molecular flexibility index (Phi) is 6.64. The molecule has 10 rings (SSSR count). The van der Waals surface area contributed by atoms with Crippen LogP contribution in [0.5, 0.6) is 0 Å². The number of rotatable bonds is 5. The number of nitrogens with zero attached hydrogens (tertiary/aromatic N) is 3. The maximum absolute atomic E-state index is 6.77. The highest BCUT2D eigenvalue weighted by atomic mass is 32.1. The molecular formula is C45H27N3OS. The van der Waals surface area contributed by atoms with E-state index in [0.717, 1.165) is 72.3 Å². The van der Waals surface area contributed by atoms with E-state index < -0.39 is 0 Å². The lowest BCUT2D eigenvalue weighted by molar-refractivity contribution is 0.670. The molecule has 4 aromatic heterocycles. The van der Waals surface area contributed by atoms with Gasteiger partial charge < -0.3 is 4.42 Å². The molecule has 0 saturated heterocycles. The summed E-state index contributed by atoms with van der Waals surface area (Å²) in [5.74, 6) is 0.649. The highest BCUT2D eigenvalue weighted by Crippen LogP contribution is 2.46. The first-order chi connectivity index (χ1) is 24.8. The summed E-state index contributed by atoms with van der Waals surface area (Å²) >= 11 is 1.83. The molecule has 0 amide bonds. The topological polar surface area (TPSA) is 51.8 Å². The summed E-state index contributed by atoms with van der Waals surface area (Å²) in [5.41, 5.74) is 10.7. The number of fused-ring (bicyclic) bond motifs is 6. The molecule has 0 spiro atoms. The third-order valence-electron chi connectivity index (χ3n) is 9.41. The fraction of sp³-hybridized carbons (Fsp3) is 0. The smallest absolute Gasteiger partial charge is 0.161 e. The minimum atomic E-state index is 0.649. The van der Waals surface area contributed by atoms with E-state index >= 15 is 0 Å². The van der Waals surface area contributed by atoms with Crippen molar-refractivity contribution in [3.05, 3.63) is 164 Å². The minimum Gasteiger partial charge on any atom is -0.455 e. The lowest BCUT2D eigenvalue weighted by Crippen LogP contribution is -1.97. The van der Waals surface area contributed by atoms with E-state index in [4.69, 9.17) is 14.4 Å². The number of benzene rings is 6. The van der Waals surface area contributed by atoms with Gasteiger partial charge in [-0.15, -0.1) is 11.3 Å². The molecule has 0 unspecified atom stereocenters. The van der Waals surface area contributed by atoms with Crippen molar-refractivity contribution in [2.75, 3.05) is 0 Å². The molecule has 6 aromatic carbocycles. The second-order valence-electron chi connectivity index (χ2n) is 12.4. The zero-order valence-corrected chi connectivity index (χ0v) is 27.6. The maximum atomic E-state index is 6.77.